The highest BCUT2D eigenvalue weighted by molar-refractivity contribution is 5.99. The molecule has 0 aliphatic rings. The van der Waals surface area contributed by atoms with Gasteiger partial charge in [-0.2, -0.15) is 0 Å². The van der Waals surface area contributed by atoms with Crippen LogP contribution in [0.15, 0.2) is 24.3 Å². The van der Waals surface area contributed by atoms with Crippen LogP contribution in [0.3, 0.4) is 0 Å². The van der Waals surface area contributed by atoms with E-state index >= 15 is 0 Å². The van der Waals surface area contributed by atoms with Gasteiger partial charge in [0.15, 0.2) is 5.78 Å². The molecule has 1 amide bonds. The van der Waals surface area contributed by atoms with Crippen LogP contribution in [0.1, 0.15) is 37.6 Å². The van der Waals surface area contributed by atoms with Crippen LogP contribution in [-0.4, -0.2) is 41.7 Å². The van der Waals surface area contributed by atoms with E-state index in [4.69, 9.17) is 14.6 Å². The summed E-state index contributed by atoms with van der Waals surface area (Å²) < 4.78 is 10.0. The Balaban J connectivity index is 2.77. The van der Waals surface area contributed by atoms with Crippen LogP contribution in [-0.2, 0) is 9.53 Å². The fourth-order valence-electron chi connectivity index (χ4n) is 1.75. The highest BCUT2D eigenvalue weighted by Crippen LogP contribution is 2.15. The van der Waals surface area contributed by atoms with Gasteiger partial charge in [0.1, 0.15) is 17.4 Å². The summed E-state index contributed by atoms with van der Waals surface area (Å²) in [4.78, 5) is 35.1. The van der Waals surface area contributed by atoms with Crippen LogP contribution in [0.2, 0.25) is 0 Å². The number of hydrogen-bond acceptors (Lipinski definition) is 5. The molecule has 0 aromatic heterocycles. The topological polar surface area (TPSA) is 102 Å². The molecule has 1 aromatic rings. The summed E-state index contributed by atoms with van der Waals surface area (Å²) in [5, 5.41) is 11.4. The molecule has 23 heavy (non-hydrogen) atoms. The van der Waals surface area contributed by atoms with E-state index in [0.717, 1.165) is 0 Å². The number of carbonyl (C=O) groups is 3. The Labute approximate surface area is 134 Å². The number of aliphatic carboxylic acids is 1. The van der Waals surface area contributed by atoms with E-state index in [1.807, 2.05) is 0 Å². The van der Waals surface area contributed by atoms with E-state index in [2.05, 4.69) is 5.32 Å². The molecule has 0 bridgehead atoms. The van der Waals surface area contributed by atoms with Crippen molar-refractivity contribution in [2.75, 3.05) is 7.11 Å². The third-order valence-corrected chi connectivity index (χ3v) is 2.77. The Hall–Kier alpha value is -2.57. The second kappa shape index (κ2) is 7.62. The van der Waals surface area contributed by atoms with Gasteiger partial charge in [-0.15, -0.1) is 0 Å². The summed E-state index contributed by atoms with van der Waals surface area (Å²) in [6, 6.07) is 4.99. The number of ketones is 1. The van der Waals surface area contributed by atoms with Crippen LogP contribution in [0, 0.1) is 0 Å². The molecule has 0 saturated heterocycles. The maximum atomic E-state index is 12.2. The zero-order valence-corrected chi connectivity index (χ0v) is 13.6. The first-order chi connectivity index (χ1) is 10.6. The van der Waals surface area contributed by atoms with Crippen molar-refractivity contribution in [1.82, 2.24) is 5.32 Å². The summed E-state index contributed by atoms with van der Waals surface area (Å²) in [5.41, 5.74) is -0.453. The van der Waals surface area contributed by atoms with E-state index < -0.39 is 29.5 Å². The Morgan fingerprint density at radius 2 is 1.91 bits per heavy atom. The van der Waals surface area contributed by atoms with Gasteiger partial charge in [0.25, 0.3) is 0 Å². The van der Waals surface area contributed by atoms with E-state index in [-0.39, 0.29) is 6.42 Å². The monoisotopic (exact) mass is 323 g/mol. The first-order valence-electron chi connectivity index (χ1n) is 7.02. The molecule has 1 rings (SSSR count). The lowest BCUT2D eigenvalue weighted by atomic mass is 10.0. The SMILES string of the molecule is COc1cccc(C(=O)CC(NC(=O)OC(C)(C)C)C(=O)O)c1. The molecular formula is C16H21NO6. The first-order valence-corrected chi connectivity index (χ1v) is 7.02. The van der Waals surface area contributed by atoms with E-state index in [1.165, 1.54) is 13.2 Å². The molecule has 1 aromatic carbocycles. The number of Topliss-reactive ketones (excluding diaryl/α,β-unsaturated/α-hetero) is 1. The number of ether oxygens (including phenoxy) is 2. The average molecular weight is 323 g/mol. The van der Waals surface area contributed by atoms with E-state index in [1.54, 1.807) is 39.0 Å². The molecule has 1 unspecified atom stereocenters. The number of alkyl carbamates (subject to hydrolysis) is 1. The zero-order valence-electron chi connectivity index (χ0n) is 13.6. The van der Waals surface area contributed by atoms with Crippen molar-refractivity contribution < 1.29 is 29.0 Å². The lowest BCUT2D eigenvalue weighted by Gasteiger charge is -2.21. The minimum atomic E-state index is -1.37. The first kappa shape index (κ1) is 18.5. The minimum Gasteiger partial charge on any atom is -0.497 e. The number of carboxylic acids is 1. The normalized spacial score (nSPS) is 12.2. The summed E-state index contributed by atoms with van der Waals surface area (Å²) in [5.74, 6) is -1.25. The van der Waals surface area contributed by atoms with Gasteiger partial charge in [-0.3, -0.25) is 4.79 Å². The van der Waals surface area contributed by atoms with Gasteiger partial charge in [-0.05, 0) is 32.9 Å². The molecule has 0 aliphatic carbocycles. The minimum absolute atomic E-state index is 0.307. The van der Waals surface area contributed by atoms with Crippen molar-refractivity contribution in [2.45, 2.75) is 38.8 Å². The van der Waals surface area contributed by atoms with Gasteiger partial charge in [0.2, 0.25) is 0 Å². The average Bonchev–Trinajstić information content (AvgIpc) is 2.44. The second-order valence-electron chi connectivity index (χ2n) is 5.90. The standard InChI is InChI=1S/C16H21NO6/c1-16(2,3)23-15(21)17-12(14(19)20)9-13(18)10-6-5-7-11(8-10)22-4/h5-8,12H,9H2,1-4H3,(H,17,21)(H,19,20). The maximum Gasteiger partial charge on any atom is 0.408 e. The van der Waals surface area contributed by atoms with E-state index in [0.29, 0.717) is 11.3 Å². The number of hydrogen-bond donors (Lipinski definition) is 2. The molecule has 0 spiro atoms. The predicted octanol–water partition coefficient (Wildman–Crippen LogP) is 2.25. The number of carbonyl (C=O) groups excluding carboxylic acids is 2. The fraction of sp³-hybridized carbons (Fsp3) is 0.438. The number of carboxylic acid groups (broad SMARTS) is 1. The number of methoxy groups -OCH3 is 1. The second-order valence-corrected chi connectivity index (χ2v) is 5.90. The molecule has 7 heteroatoms. The molecule has 0 aliphatic heterocycles. The Bertz CT molecular complexity index is 590. The molecule has 0 saturated carbocycles. The van der Waals surface area contributed by atoms with Gasteiger partial charge >= 0.3 is 12.1 Å². The Kier molecular flexibility index (Phi) is 6.12. The molecule has 7 nitrogen and oxygen atoms in total. The van der Waals surface area contributed by atoms with Crippen molar-refractivity contribution >= 4 is 17.8 Å². The lowest BCUT2D eigenvalue weighted by molar-refractivity contribution is -0.139. The summed E-state index contributed by atoms with van der Waals surface area (Å²) in [6.07, 6.45) is -1.27. The van der Waals surface area contributed by atoms with E-state index in [9.17, 15) is 14.4 Å². The lowest BCUT2D eigenvalue weighted by Crippen LogP contribution is -2.44. The molecule has 0 heterocycles. The third kappa shape index (κ3) is 6.37. The molecule has 2 N–H and O–H groups in total. The smallest absolute Gasteiger partial charge is 0.408 e. The number of rotatable bonds is 6. The molecule has 126 valence electrons. The van der Waals surface area contributed by atoms with Crippen molar-refractivity contribution in [3.05, 3.63) is 29.8 Å². The zero-order chi connectivity index (χ0) is 17.6. The van der Waals surface area contributed by atoms with Crippen molar-refractivity contribution in [2.24, 2.45) is 0 Å². The van der Waals surface area contributed by atoms with Gasteiger partial charge in [0.05, 0.1) is 7.11 Å². The predicted molar refractivity (Wildman–Crippen MR) is 82.7 cm³/mol. The number of amides is 1. The summed E-state index contributed by atoms with van der Waals surface area (Å²) >= 11 is 0. The van der Waals surface area contributed by atoms with Crippen LogP contribution in [0.25, 0.3) is 0 Å². The summed E-state index contributed by atoms with van der Waals surface area (Å²) in [6.45, 7) is 4.97. The van der Waals surface area contributed by atoms with Crippen molar-refractivity contribution in [3.8, 4) is 5.75 Å². The Morgan fingerprint density at radius 3 is 2.43 bits per heavy atom. The third-order valence-electron chi connectivity index (χ3n) is 2.77. The number of nitrogens with one attached hydrogen (secondary N) is 1. The van der Waals surface area contributed by atoms with Crippen LogP contribution >= 0.6 is 0 Å². The van der Waals surface area contributed by atoms with Gasteiger partial charge in [-0.1, -0.05) is 12.1 Å². The molecule has 1 atom stereocenters. The Morgan fingerprint density at radius 1 is 1.26 bits per heavy atom. The highest BCUT2D eigenvalue weighted by Gasteiger charge is 2.26. The number of benzene rings is 1. The van der Waals surface area contributed by atoms with Crippen LogP contribution in [0.5, 0.6) is 5.75 Å². The van der Waals surface area contributed by atoms with Crippen molar-refractivity contribution in [3.63, 3.8) is 0 Å². The van der Waals surface area contributed by atoms with Crippen molar-refractivity contribution in [1.29, 1.82) is 0 Å². The maximum absolute atomic E-state index is 12.2. The van der Waals surface area contributed by atoms with Gasteiger partial charge < -0.3 is 19.9 Å². The highest BCUT2D eigenvalue weighted by atomic mass is 16.6. The molecule has 0 fully saturated rings. The van der Waals surface area contributed by atoms with Crippen LogP contribution in [0.4, 0.5) is 4.79 Å². The molecular weight excluding hydrogens is 302 g/mol. The van der Waals surface area contributed by atoms with Gasteiger partial charge in [-0.25, -0.2) is 9.59 Å². The van der Waals surface area contributed by atoms with Gasteiger partial charge in [0, 0.05) is 12.0 Å². The fourth-order valence-corrected chi connectivity index (χ4v) is 1.75. The summed E-state index contributed by atoms with van der Waals surface area (Å²) in [7, 11) is 1.47. The quantitative estimate of drug-likeness (QED) is 0.779. The molecule has 0 radical (unpaired) electrons. The largest absolute Gasteiger partial charge is 0.497 e. The van der Waals surface area contributed by atoms with Crippen LogP contribution < -0.4 is 10.1 Å².